The van der Waals surface area contributed by atoms with Gasteiger partial charge in [0.1, 0.15) is 11.6 Å². The molecule has 9 heteroatoms. The fourth-order valence-electron chi connectivity index (χ4n) is 5.87. The van der Waals surface area contributed by atoms with Crippen LogP contribution in [0, 0.1) is 11.8 Å². The monoisotopic (exact) mass is 488 g/mol. The number of nitrogen functional groups attached to an aromatic ring is 1. The van der Waals surface area contributed by atoms with E-state index >= 15 is 0 Å². The van der Waals surface area contributed by atoms with E-state index < -0.39 is 0 Å². The second kappa shape index (κ2) is 14.2. The highest BCUT2D eigenvalue weighted by Gasteiger charge is 2.22. The van der Waals surface area contributed by atoms with Gasteiger partial charge in [0, 0.05) is 51.4 Å². The summed E-state index contributed by atoms with van der Waals surface area (Å²) in [5, 5.41) is 20.0. The molecule has 4 rings (SSSR count). The molecule has 198 valence electrons. The maximum atomic E-state index is 9.15. The van der Waals surface area contributed by atoms with E-state index in [0.717, 1.165) is 76.7 Å². The van der Waals surface area contributed by atoms with E-state index in [4.69, 9.17) is 15.8 Å². The van der Waals surface area contributed by atoms with Crippen LogP contribution >= 0.6 is 0 Å². The van der Waals surface area contributed by atoms with Crippen molar-refractivity contribution in [3.05, 3.63) is 6.07 Å². The number of β-amino-alcohol motifs (C(OH)–C–C–N with tert-alkyl or cyclic N) is 1. The minimum Gasteiger partial charge on any atom is -0.395 e. The summed E-state index contributed by atoms with van der Waals surface area (Å²) in [6, 6.07) is 2.66. The first kappa shape index (κ1) is 26.4. The molecule has 2 saturated carbocycles. The van der Waals surface area contributed by atoms with Gasteiger partial charge in [0.05, 0.1) is 6.61 Å². The molecule has 1 aromatic heterocycles. The SMILES string of the molecule is Nc1cc(N2CCN(CCO)CC2)nc(NC[C@H]2CC[C@H](CNCCCNC3CCCC3)CC2)n1. The highest BCUT2D eigenvalue weighted by atomic mass is 16.3. The van der Waals surface area contributed by atoms with Gasteiger partial charge in [-0.25, -0.2) is 0 Å². The highest BCUT2D eigenvalue weighted by molar-refractivity contribution is 5.51. The molecular weight excluding hydrogens is 440 g/mol. The Hall–Kier alpha value is -1.68. The number of piperazine rings is 1. The first-order valence-corrected chi connectivity index (χ1v) is 14.1. The number of hydrogen-bond donors (Lipinski definition) is 5. The van der Waals surface area contributed by atoms with Crippen molar-refractivity contribution < 1.29 is 5.11 Å². The topological polar surface area (TPSA) is 115 Å². The van der Waals surface area contributed by atoms with Gasteiger partial charge >= 0.3 is 0 Å². The van der Waals surface area contributed by atoms with Gasteiger partial charge in [0.2, 0.25) is 5.95 Å². The van der Waals surface area contributed by atoms with Crippen molar-refractivity contribution in [1.29, 1.82) is 0 Å². The Labute approximate surface area is 211 Å². The zero-order valence-electron chi connectivity index (χ0n) is 21.6. The number of aliphatic hydroxyl groups is 1. The number of nitrogens with zero attached hydrogens (tertiary/aromatic N) is 4. The van der Waals surface area contributed by atoms with E-state index in [-0.39, 0.29) is 6.61 Å². The standard InChI is InChI=1S/C26H48N8O/c27-24-18-25(34-14-12-33(13-15-34)16-17-35)32-26(31-24)30-20-22-8-6-21(7-9-22)19-28-10-3-11-29-23-4-1-2-5-23/h18,21-23,28-29,35H,1-17,19-20H2,(H3,27,30,31,32)/t21-,22-. The van der Waals surface area contributed by atoms with Gasteiger partial charge < -0.3 is 31.7 Å². The lowest BCUT2D eigenvalue weighted by Gasteiger charge is -2.35. The lowest BCUT2D eigenvalue weighted by Crippen LogP contribution is -2.47. The van der Waals surface area contributed by atoms with E-state index in [1.807, 2.05) is 6.07 Å². The van der Waals surface area contributed by atoms with Crippen LogP contribution in [0.1, 0.15) is 57.8 Å². The second-order valence-corrected chi connectivity index (χ2v) is 10.8. The van der Waals surface area contributed by atoms with Crippen molar-refractivity contribution in [3.63, 3.8) is 0 Å². The molecular formula is C26H48N8O. The Balaban J connectivity index is 1.10. The van der Waals surface area contributed by atoms with Crippen molar-refractivity contribution in [1.82, 2.24) is 25.5 Å². The summed E-state index contributed by atoms with van der Waals surface area (Å²) in [5.74, 6) is 3.55. The van der Waals surface area contributed by atoms with Gasteiger partial charge in [-0.05, 0) is 76.4 Å². The fraction of sp³-hybridized carbons (Fsp3) is 0.846. The molecule has 1 saturated heterocycles. The smallest absolute Gasteiger partial charge is 0.226 e. The Morgan fingerprint density at radius 3 is 2.34 bits per heavy atom. The van der Waals surface area contributed by atoms with Crippen LogP contribution in [0.25, 0.3) is 0 Å². The predicted octanol–water partition coefficient (Wildman–Crippen LogP) is 1.90. The Morgan fingerprint density at radius 2 is 1.63 bits per heavy atom. The van der Waals surface area contributed by atoms with Crippen LogP contribution in [-0.2, 0) is 0 Å². The zero-order chi connectivity index (χ0) is 24.3. The first-order chi connectivity index (χ1) is 17.2. The van der Waals surface area contributed by atoms with Crippen LogP contribution in [0.4, 0.5) is 17.6 Å². The molecule has 1 aromatic rings. The molecule has 3 fully saturated rings. The summed E-state index contributed by atoms with van der Waals surface area (Å²) in [5.41, 5.74) is 6.10. The summed E-state index contributed by atoms with van der Waals surface area (Å²) in [6.07, 6.45) is 11.9. The zero-order valence-corrected chi connectivity index (χ0v) is 21.6. The van der Waals surface area contributed by atoms with Crippen LogP contribution in [0.2, 0.25) is 0 Å². The summed E-state index contributed by atoms with van der Waals surface area (Å²) in [4.78, 5) is 13.7. The van der Waals surface area contributed by atoms with Crippen LogP contribution in [-0.4, -0.2) is 91.5 Å². The van der Waals surface area contributed by atoms with Crippen molar-refractivity contribution >= 4 is 17.6 Å². The molecule has 35 heavy (non-hydrogen) atoms. The molecule has 0 atom stereocenters. The van der Waals surface area contributed by atoms with Crippen molar-refractivity contribution in [2.45, 2.75) is 63.8 Å². The largest absolute Gasteiger partial charge is 0.395 e. The molecule has 2 aliphatic carbocycles. The molecule has 0 aromatic carbocycles. The third-order valence-corrected chi connectivity index (χ3v) is 8.11. The molecule has 1 aliphatic heterocycles. The summed E-state index contributed by atoms with van der Waals surface area (Å²) in [7, 11) is 0. The predicted molar refractivity (Wildman–Crippen MR) is 144 cm³/mol. The van der Waals surface area contributed by atoms with E-state index in [2.05, 4.69) is 30.7 Å². The van der Waals surface area contributed by atoms with E-state index in [1.165, 1.54) is 57.8 Å². The quantitative estimate of drug-likeness (QED) is 0.266. The molecule has 0 unspecified atom stereocenters. The van der Waals surface area contributed by atoms with Gasteiger partial charge in [-0.15, -0.1) is 0 Å². The lowest BCUT2D eigenvalue weighted by atomic mass is 9.82. The van der Waals surface area contributed by atoms with Gasteiger partial charge in [-0.1, -0.05) is 12.8 Å². The summed E-state index contributed by atoms with van der Waals surface area (Å²) >= 11 is 0. The van der Waals surface area contributed by atoms with Crippen LogP contribution in [0.5, 0.6) is 0 Å². The van der Waals surface area contributed by atoms with Gasteiger partial charge in [0.15, 0.2) is 0 Å². The van der Waals surface area contributed by atoms with E-state index in [9.17, 15) is 0 Å². The Morgan fingerprint density at radius 1 is 0.914 bits per heavy atom. The maximum Gasteiger partial charge on any atom is 0.226 e. The molecule has 2 heterocycles. The number of rotatable bonds is 13. The summed E-state index contributed by atoms with van der Waals surface area (Å²) < 4.78 is 0. The average Bonchev–Trinajstić information content (AvgIpc) is 3.40. The number of anilines is 3. The number of aliphatic hydroxyl groups excluding tert-OH is 1. The number of hydrogen-bond acceptors (Lipinski definition) is 9. The normalized spacial score (nSPS) is 24.2. The van der Waals surface area contributed by atoms with E-state index in [0.29, 0.717) is 17.7 Å². The minimum absolute atomic E-state index is 0.213. The number of nitrogens with two attached hydrogens (primary N) is 1. The average molecular weight is 489 g/mol. The fourth-order valence-corrected chi connectivity index (χ4v) is 5.87. The van der Waals surface area contributed by atoms with Crippen LogP contribution < -0.4 is 26.6 Å². The molecule has 0 spiro atoms. The Kier molecular flexibility index (Phi) is 10.7. The molecule has 0 amide bonds. The molecule has 6 N–H and O–H groups in total. The maximum absolute atomic E-state index is 9.15. The summed E-state index contributed by atoms with van der Waals surface area (Å²) in [6.45, 7) is 8.97. The Bertz CT molecular complexity index is 728. The van der Waals surface area contributed by atoms with Gasteiger partial charge in [-0.2, -0.15) is 9.97 Å². The molecule has 3 aliphatic rings. The van der Waals surface area contributed by atoms with Gasteiger partial charge in [0.25, 0.3) is 0 Å². The second-order valence-electron chi connectivity index (χ2n) is 10.8. The number of nitrogens with one attached hydrogen (secondary N) is 3. The third kappa shape index (κ3) is 8.74. The van der Waals surface area contributed by atoms with Crippen molar-refractivity contribution in [2.24, 2.45) is 11.8 Å². The lowest BCUT2D eigenvalue weighted by molar-refractivity contribution is 0.188. The molecule has 0 radical (unpaired) electrons. The van der Waals surface area contributed by atoms with Gasteiger partial charge in [-0.3, -0.25) is 4.90 Å². The van der Waals surface area contributed by atoms with Crippen LogP contribution in [0.3, 0.4) is 0 Å². The number of aromatic nitrogens is 2. The third-order valence-electron chi connectivity index (χ3n) is 8.11. The van der Waals surface area contributed by atoms with Crippen molar-refractivity contribution in [3.8, 4) is 0 Å². The van der Waals surface area contributed by atoms with Crippen molar-refractivity contribution in [2.75, 3.05) is 81.5 Å². The highest BCUT2D eigenvalue weighted by Crippen LogP contribution is 2.29. The molecule has 9 nitrogen and oxygen atoms in total. The first-order valence-electron chi connectivity index (χ1n) is 14.1. The van der Waals surface area contributed by atoms with Crippen LogP contribution in [0.15, 0.2) is 6.07 Å². The minimum atomic E-state index is 0.213. The molecule has 0 bridgehead atoms. The van der Waals surface area contributed by atoms with E-state index in [1.54, 1.807) is 0 Å².